The van der Waals surface area contributed by atoms with Gasteiger partial charge in [-0.2, -0.15) is 0 Å². The third kappa shape index (κ3) is 5.94. The van der Waals surface area contributed by atoms with Crippen LogP contribution in [0.2, 0.25) is 0 Å². The number of fused-ring (bicyclic) bond motifs is 11. The summed E-state index contributed by atoms with van der Waals surface area (Å²) in [6, 6.07) is 75.0. The maximum Gasteiger partial charge on any atom is 0.160 e. The summed E-state index contributed by atoms with van der Waals surface area (Å²) in [5.41, 5.74) is 12.3. The molecule has 0 saturated heterocycles. The number of benzene rings is 10. The summed E-state index contributed by atoms with van der Waals surface area (Å²) in [5, 5.41) is 11.3. The third-order valence-corrected chi connectivity index (χ3v) is 13.2. The van der Waals surface area contributed by atoms with E-state index in [0.29, 0.717) is 11.5 Å². The van der Waals surface area contributed by atoms with Gasteiger partial charge in [-0.15, -0.1) is 0 Å². The van der Waals surface area contributed by atoms with Crippen molar-refractivity contribution in [1.29, 1.82) is 0 Å². The van der Waals surface area contributed by atoms with E-state index >= 15 is 0 Å². The van der Waals surface area contributed by atoms with Crippen molar-refractivity contribution in [3.63, 3.8) is 0 Å². The van der Waals surface area contributed by atoms with Gasteiger partial charge in [-0.3, -0.25) is 0 Å². The molecule has 310 valence electrons. The van der Waals surface area contributed by atoms with Gasteiger partial charge in [0.2, 0.25) is 0 Å². The SMILES string of the molecule is C=C(/N=C(\N=C(/C)c1cc2c(cc1-n1c3ccccc3c3cc4ccccc4cc31)oc1ccccc12)c1cccc2c1c1ccccc1n2-c1ccccc1)c1ccc2ccccc2c1. The number of para-hydroxylation sites is 4. The molecule has 0 unspecified atom stereocenters. The minimum atomic E-state index is 0.573. The number of nitrogens with zero attached hydrogens (tertiary/aromatic N) is 4. The van der Waals surface area contributed by atoms with Crippen molar-refractivity contribution < 1.29 is 4.42 Å². The first kappa shape index (κ1) is 37.7. The molecule has 0 fully saturated rings. The van der Waals surface area contributed by atoms with Crippen molar-refractivity contribution in [3.05, 3.63) is 236 Å². The van der Waals surface area contributed by atoms with Gasteiger partial charge in [0.25, 0.3) is 0 Å². The van der Waals surface area contributed by atoms with Gasteiger partial charge in [-0.1, -0.05) is 152 Å². The monoisotopic (exact) mass is 844 g/mol. The zero-order chi connectivity index (χ0) is 43.9. The molecule has 66 heavy (non-hydrogen) atoms. The van der Waals surface area contributed by atoms with Gasteiger partial charge in [0.15, 0.2) is 5.84 Å². The summed E-state index contributed by atoms with van der Waals surface area (Å²) in [4.78, 5) is 11.1. The van der Waals surface area contributed by atoms with E-state index in [-0.39, 0.29) is 0 Å². The lowest BCUT2D eigenvalue weighted by Crippen LogP contribution is -2.09. The van der Waals surface area contributed by atoms with Gasteiger partial charge in [0, 0.05) is 66.5 Å². The first-order valence-electron chi connectivity index (χ1n) is 22.3. The fourth-order valence-corrected chi connectivity index (χ4v) is 10.1. The number of hydrogen-bond donors (Lipinski definition) is 0. The number of hydrogen-bond acceptors (Lipinski definition) is 2. The van der Waals surface area contributed by atoms with Crippen molar-refractivity contribution in [2.75, 3.05) is 0 Å². The number of furan rings is 1. The van der Waals surface area contributed by atoms with Crippen LogP contribution in [0.15, 0.2) is 233 Å². The van der Waals surface area contributed by atoms with Crippen LogP contribution in [-0.2, 0) is 0 Å². The molecule has 0 atom stereocenters. The fraction of sp³-hybridized carbons (Fsp3) is 0.0164. The molecule has 0 N–H and O–H groups in total. The molecule has 0 aliphatic carbocycles. The highest BCUT2D eigenvalue weighted by Gasteiger charge is 2.22. The minimum absolute atomic E-state index is 0.573. The van der Waals surface area contributed by atoms with Crippen molar-refractivity contribution in [2.45, 2.75) is 6.92 Å². The summed E-state index contributed by atoms with van der Waals surface area (Å²) < 4.78 is 11.4. The number of rotatable bonds is 6. The lowest BCUT2D eigenvalue weighted by atomic mass is 10.0. The molecule has 0 amide bonds. The smallest absolute Gasteiger partial charge is 0.160 e. The minimum Gasteiger partial charge on any atom is -0.456 e. The topological polar surface area (TPSA) is 47.7 Å². The highest BCUT2D eigenvalue weighted by molar-refractivity contribution is 6.25. The highest BCUT2D eigenvalue weighted by atomic mass is 16.3. The Labute approximate surface area is 380 Å². The second kappa shape index (κ2) is 14.9. The average molecular weight is 845 g/mol. The Kier molecular flexibility index (Phi) is 8.52. The van der Waals surface area contributed by atoms with Crippen molar-refractivity contribution in [1.82, 2.24) is 9.13 Å². The Balaban J connectivity index is 1.10. The quantitative estimate of drug-likeness (QED) is 0.121. The predicted octanol–water partition coefficient (Wildman–Crippen LogP) is 16.0. The van der Waals surface area contributed by atoms with Crippen molar-refractivity contribution in [2.24, 2.45) is 9.98 Å². The van der Waals surface area contributed by atoms with Crippen LogP contribution in [0, 0.1) is 0 Å². The van der Waals surface area contributed by atoms with E-state index in [1.807, 2.05) is 12.1 Å². The van der Waals surface area contributed by atoms with Crippen LogP contribution < -0.4 is 0 Å². The molecule has 0 spiro atoms. The largest absolute Gasteiger partial charge is 0.456 e. The first-order chi connectivity index (χ1) is 32.6. The van der Waals surface area contributed by atoms with E-state index < -0.39 is 0 Å². The van der Waals surface area contributed by atoms with Gasteiger partial charge < -0.3 is 13.6 Å². The Hall–Kier alpha value is -8.80. The second-order valence-corrected chi connectivity index (χ2v) is 17.1. The van der Waals surface area contributed by atoms with E-state index in [2.05, 4.69) is 223 Å². The molecule has 13 aromatic rings. The Morgan fingerprint density at radius 3 is 1.86 bits per heavy atom. The molecule has 10 aromatic carbocycles. The molecular formula is C61H40N4O. The fourth-order valence-electron chi connectivity index (χ4n) is 10.1. The molecule has 13 rings (SSSR count). The second-order valence-electron chi connectivity index (χ2n) is 17.1. The van der Waals surface area contributed by atoms with Crippen LogP contribution in [0.1, 0.15) is 23.6 Å². The normalized spacial score (nSPS) is 12.6. The molecule has 0 aliphatic rings. The van der Waals surface area contributed by atoms with Gasteiger partial charge in [-0.25, -0.2) is 9.98 Å². The molecular weight excluding hydrogens is 805 g/mol. The van der Waals surface area contributed by atoms with Crippen LogP contribution in [0.25, 0.3) is 104 Å². The van der Waals surface area contributed by atoms with E-state index in [1.54, 1.807) is 0 Å². The van der Waals surface area contributed by atoms with Crippen LogP contribution in [-0.4, -0.2) is 20.7 Å². The van der Waals surface area contributed by atoms with Gasteiger partial charge in [0.1, 0.15) is 11.2 Å². The summed E-state index contributed by atoms with van der Waals surface area (Å²) in [6.07, 6.45) is 0. The van der Waals surface area contributed by atoms with Crippen LogP contribution in [0.3, 0.4) is 0 Å². The van der Waals surface area contributed by atoms with Gasteiger partial charge in [-0.05, 0) is 89.1 Å². The summed E-state index contributed by atoms with van der Waals surface area (Å²) >= 11 is 0. The first-order valence-corrected chi connectivity index (χ1v) is 22.3. The van der Waals surface area contributed by atoms with E-state index in [1.165, 1.54) is 26.9 Å². The zero-order valence-electron chi connectivity index (χ0n) is 36.1. The molecule has 0 bridgehead atoms. The summed E-state index contributed by atoms with van der Waals surface area (Å²) in [6.45, 7) is 6.72. The molecule has 3 heterocycles. The van der Waals surface area contributed by atoms with Crippen LogP contribution >= 0.6 is 0 Å². The highest BCUT2D eigenvalue weighted by Crippen LogP contribution is 2.40. The average Bonchev–Trinajstić information content (AvgIpc) is 4.02. The molecule has 5 nitrogen and oxygen atoms in total. The Morgan fingerprint density at radius 2 is 1.06 bits per heavy atom. The third-order valence-electron chi connectivity index (χ3n) is 13.2. The lowest BCUT2D eigenvalue weighted by molar-refractivity contribution is 0.668. The van der Waals surface area contributed by atoms with Crippen molar-refractivity contribution >= 4 is 104 Å². The summed E-state index contributed by atoms with van der Waals surface area (Å²) in [7, 11) is 0. The Morgan fingerprint density at radius 1 is 0.424 bits per heavy atom. The number of aromatic nitrogens is 2. The van der Waals surface area contributed by atoms with Gasteiger partial charge in [0.05, 0.1) is 33.5 Å². The maximum atomic E-state index is 6.64. The number of amidine groups is 1. The van der Waals surface area contributed by atoms with Gasteiger partial charge >= 0.3 is 0 Å². The molecule has 0 saturated carbocycles. The molecule has 3 aromatic heterocycles. The molecule has 5 heteroatoms. The van der Waals surface area contributed by atoms with E-state index in [9.17, 15) is 0 Å². The zero-order valence-corrected chi connectivity index (χ0v) is 36.1. The standard InChI is InChI=1S/C61H40N4O/c1-38(41-32-31-40-17-6-7-18-42(40)33-41)62-61(49-26-16-29-55-60(49)48-25-11-14-28-54(48)64(55)45-21-4-3-5-22-45)63-39(2)50-36-52-47-24-12-15-30-58(47)66-59(52)37-57(50)65-53-27-13-10-23-46(53)51-34-43-19-8-9-20-44(43)35-56(51)65/h3-37H,1H2,2H3/b62-61-,63-39+. The van der Waals surface area contributed by atoms with Crippen LogP contribution in [0.4, 0.5) is 0 Å². The van der Waals surface area contributed by atoms with Crippen molar-refractivity contribution in [3.8, 4) is 11.4 Å². The number of aliphatic imine (C=N–C) groups is 2. The predicted molar refractivity (Wildman–Crippen MR) is 278 cm³/mol. The molecule has 0 radical (unpaired) electrons. The summed E-state index contributed by atoms with van der Waals surface area (Å²) in [5.74, 6) is 0.573. The Bertz CT molecular complexity index is 4200. The maximum absolute atomic E-state index is 6.64. The molecule has 0 aliphatic heterocycles. The van der Waals surface area contributed by atoms with Crippen LogP contribution in [0.5, 0.6) is 0 Å². The van der Waals surface area contributed by atoms with E-state index in [4.69, 9.17) is 14.4 Å². The lowest BCUT2D eigenvalue weighted by Gasteiger charge is -2.15. The van der Waals surface area contributed by atoms with E-state index in [0.717, 1.165) is 93.9 Å².